The van der Waals surface area contributed by atoms with Gasteiger partial charge in [-0.1, -0.05) is 35.5 Å². The molecule has 0 radical (unpaired) electrons. The Balaban J connectivity index is 1.42. The normalized spacial score (nSPS) is 20.7. The average molecular weight is 363 g/mol. The second-order valence-electron chi connectivity index (χ2n) is 7.20. The van der Waals surface area contributed by atoms with Gasteiger partial charge in [0.15, 0.2) is 11.5 Å². The number of carbonyl (C=O) groups is 1. The number of carbonyl (C=O) groups excluding carboxylic acids is 1. The van der Waals surface area contributed by atoms with Gasteiger partial charge >= 0.3 is 0 Å². The van der Waals surface area contributed by atoms with Gasteiger partial charge in [-0.25, -0.2) is 0 Å². The molecule has 6 heteroatoms. The van der Waals surface area contributed by atoms with Crippen molar-refractivity contribution in [2.24, 2.45) is 0 Å². The largest absolute Gasteiger partial charge is 0.461 e. The third-order valence-corrected chi connectivity index (χ3v) is 5.41. The van der Waals surface area contributed by atoms with Gasteiger partial charge in [-0.2, -0.15) is 0 Å². The van der Waals surface area contributed by atoms with E-state index in [0.717, 1.165) is 18.7 Å². The van der Waals surface area contributed by atoms with E-state index in [1.807, 2.05) is 23.1 Å². The fourth-order valence-electron chi connectivity index (χ4n) is 3.84. The van der Waals surface area contributed by atoms with Gasteiger partial charge < -0.3 is 13.8 Å². The Morgan fingerprint density at radius 3 is 2.63 bits per heavy atom. The van der Waals surface area contributed by atoms with Crippen molar-refractivity contribution in [3.63, 3.8) is 0 Å². The van der Waals surface area contributed by atoms with Crippen LogP contribution in [0.15, 0.2) is 63.7 Å². The third-order valence-electron chi connectivity index (χ3n) is 5.41. The van der Waals surface area contributed by atoms with Crippen molar-refractivity contribution in [3.8, 4) is 11.5 Å². The second-order valence-corrected chi connectivity index (χ2v) is 7.20. The molecule has 1 amide bonds. The van der Waals surface area contributed by atoms with E-state index in [2.05, 4.69) is 22.2 Å². The van der Waals surface area contributed by atoms with Gasteiger partial charge in [-0.05, 0) is 30.5 Å². The van der Waals surface area contributed by atoms with Crippen molar-refractivity contribution in [2.45, 2.75) is 24.9 Å². The third kappa shape index (κ3) is 3.17. The Morgan fingerprint density at radius 2 is 1.89 bits per heavy atom. The standard InChI is InChI=1S/C21H21N3O3/c25-21(17-13-20(27-22-17)19-7-4-12-26-19)24-11-10-23(16-8-9-16)14-18(24)15-5-2-1-3-6-15/h1-7,12-13,16,18H,8-11,14H2. The molecule has 3 aromatic rings. The number of benzene rings is 1. The minimum Gasteiger partial charge on any atom is -0.461 e. The van der Waals surface area contributed by atoms with Crippen LogP contribution in [-0.4, -0.2) is 46.5 Å². The monoisotopic (exact) mass is 363 g/mol. The first-order chi connectivity index (χ1) is 13.3. The molecule has 0 N–H and O–H groups in total. The molecule has 1 saturated carbocycles. The molecule has 1 atom stereocenters. The zero-order valence-electron chi connectivity index (χ0n) is 15.0. The van der Waals surface area contributed by atoms with Gasteiger partial charge in [-0.15, -0.1) is 0 Å². The molecule has 0 bridgehead atoms. The summed E-state index contributed by atoms with van der Waals surface area (Å²) in [4.78, 5) is 17.7. The molecule has 2 fully saturated rings. The zero-order valence-corrected chi connectivity index (χ0v) is 15.0. The van der Waals surface area contributed by atoms with Crippen molar-refractivity contribution in [1.29, 1.82) is 0 Å². The molecular formula is C21H21N3O3. The predicted octanol–water partition coefficient (Wildman–Crippen LogP) is 3.60. The SMILES string of the molecule is O=C(c1cc(-c2ccco2)on1)N1CCN(C2CC2)CC1c1ccccc1. The molecule has 2 aromatic heterocycles. The molecule has 1 saturated heterocycles. The average Bonchev–Trinajstić information content (AvgIpc) is 3.20. The maximum Gasteiger partial charge on any atom is 0.276 e. The van der Waals surface area contributed by atoms with Gasteiger partial charge in [0.05, 0.1) is 12.3 Å². The summed E-state index contributed by atoms with van der Waals surface area (Å²) in [5.74, 6) is 0.941. The molecule has 3 heterocycles. The number of rotatable bonds is 4. The van der Waals surface area contributed by atoms with E-state index < -0.39 is 0 Å². The van der Waals surface area contributed by atoms with E-state index >= 15 is 0 Å². The van der Waals surface area contributed by atoms with Gasteiger partial charge in [0.2, 0.25) is 5.76 Å². The summed E-state index contributed by atoms with van der Waals surface area (Å²) >= 11 is 0. The van der Waals surface area contributed by atoms with Crippen LogP contribution in [0.1, 0.15) is 34.9 Å². The molecule has 0 spiro atoms. The number of nitrogens with zero attached hydrogens (tertiary/aromatic N) is 3. The lowest BCUT2D eigenvalue weighted by atomic mass is 10.0. The van der Waals surface area contributed by atoms with Crippen molar-refractivity contribution >= 4 is 5.91 Å². The highest BCUT2D eigenvalue weighted by atomic mass is 16.5. The molecule has 1 aromatic carbocycles. The van der Waals surface area contributed by atoms with Gasteiger partial charge in [0, 0.05) is 31.7 Å². The topological polar surface area (TPSA) is 62.7 Å². The fourth-order valence-corrected chi connectivity index (χ4v) is 3.84. The number of hydrogen-bond acceptors (Lipinski definition) is 5. The van der Waals surface area contributed by atoms with Gasteiger partial charge in [0.25, 0.3) is 5.91 Å². The van der Waals surface area contributed by atoms with Crippen LogP contribution in [-0.2, 0) is 0 Å². The quantitative estimate of drug-likeness (QED) is 0.709. The molecule has 6 nitrogen and oxygen atoms in total. The Morgan fingerprint density at radius 1 is 1.04 bits per heavy atom. The van der Waals surface area contributed by atoms with Gasteiger partial charge in [0.1, 0.15) is 0 Å². The fraction of sp³-hybridized carbons (Fsp3) is 0.333. The first-order valence-corrected chi connectivity index (χ1v) is 9.40. The summed E-state index contributed by atoms with van der Waals surface area (Å²) in [7, 11) is 0. The lowest BCUT2D eigenvalue weighted by molar-refractivity contribution is 0.0424. The number of furan rings is 1. The number of piperazine rings is 1. The van der Waals surface area contributed by atoms with Crippen molar-refractivity contribution in [2.75, 3.05) is 19.6 Å². The summed E-state index contributed by atoms with van der Waals surface area (Å²) in [6.07, 6.45) is 4.11. The molecule has 138 valence electrons. The molecule has 2 aliphatic rings. The van der Waals surface area contributed by atoms with Crippen molar-refractivity contribution < 1.29 is 13.7 Å². The maximum atomic E-state index is 13.2. The van der Waals surface area contributed by atoms with E-state index in [1.165, 1.54) is 12.8 Å². The van der Waals surface area contributed by atoms with Crippen LogP contribution < -0.4 is 0 Å². The minimum absolute atomic E-state index is 0.0248. The van der Waals surface area contributed by atoms with E-state index in [-0.39, 0.29) is 11.9 Å². The van der Waals surface area contributed by atoms with Crippen LogP contribution in [0.4, 0.5) is 0 Å². The summed E-state index contributed by atoms with van der Waals surface area (Å²) in [5.41, 5.74) is 1.48. The molecule has 1 unspecified atom stereocenters. The zero-order chi connectivity index (χ0) is 18.2. The smallest absolute Gasteiger partial charge is 0.276 e. The summed E-state index contributed by atoms with van der Waals surface area (Å²) in [6.45, 7) is 2.46. The predicted molar refractivity (Wildman–Crippen MR) is 99.0 cm³/mol. The Bertz CT molecular complexity index is 915. The van der Waals surface area contributed by atoms with E-state index in [4.69, 9.17) is 8.94 Å². The van der Waals surface area contributed by atoms with Gasteiger partial charge in [-0.3, -0.25) is 9.69 Å². The second kappa shape index (κ2) is 6.70. The first-order valence-electron chi connectivity index (χ1n) is 9.40. The van der Waals surface area contributed by atoms with E-state index in [0.29, 0.717) is 29.8 Å². The van der Waals surface area contributed by atoms with E-state index in [9.17, 15) is 4.79 Å². The Kier molecular flexibility index (Phi) is 4.05. The minimum atomic E-state index is -0.0964. The molecule has 27 heavy (non-hydrogen) atoms. The van der Waals surface area contributed by atoms with Crippen LogP contribution in [0.25, 0.3) is 11.5 Å². The summed E-state index contributed by atoms with van der Waals surface area (Å²) < 4.78 is 10.7. The molecule has 1 aliphatic carbocycles. The molecular weight excluding hydrogens is 342 g/mol. The maximum absolute atomic E-state index is 13.2. The Hall–Kier alpha value is -2.86. The highest BCUT2D eigenvalue weighted by Gasteiger charge is 2.38. The summed E-state index contributed by atoms with van der Waals surface area (Å²) in [5, 5.41) is 4.00. The van der Waals surface area contributed by atoms with Crippen LogP contribution in [0.2, 0.25) is 0 Å². The van der Waals surface area contributed by atoms with Crippen molar-refractivity contribution in [3.05, 3.63) is 66.1 Å². The number of amides is 1. The summed E-state index contributed by atoms with van der Waals surface area (Å²) in [6, 6.07) is 16.2. The molecule has 5 rings (SSSR count). The highest BCUT2D eigenvalue weighted by Crippen LogP contribution is 2.34. The molecule has 1 aliphatic heterocycles. The van der Waals surface area contributed by atoms with Crippen LogP contribution in [0.3, 0.4) is 0 Å². The lowest BCUT2D eigenvalue weighted by Gasteiger charge is -2.41. The van der Waals surface area contributed by atoms with Crippen LogP contribution in [0.5, 0.6) is 0 Å². The number of hydrogen-bond donors (Lipinski definition) is 0. The van der Waals surface area contributed by atoms with Crippen LogP contribution >= 0.6 is 0 Å². The van der Waals surface area contributed by atoms with E-state index in [1.54, 1.807) is 24.5 Å². The highest BCUT2D eigenvalue weighted by molar-refractivity contribution is 5.93. The first kappa shape index (κ1) is 16.3. The Labute approximate surface area is 157 Å². The lowest BCUT2D eigenvalue weighted by Crippen LogP contribution is -2.51. The number of aromatic nitrogens is 1. The van der Waals surface area contributed by atoms with Crippen molar-refractivity contribution in [1.82, 2.24) is 15.0 Å². The van der Waals surface area contributed by atoms with Crippen LogP contribution in [0, 0.1) is 0 Å².